The van der Waals surface area contributed by atoms with Crippen LogP contribution in [0.15, 0.2) is 36.4 Å². The highest BCUT2D eigenvalue weighted by atomic mass is 19.2. The predicted octanol–water partition coefficient (Wildman–Crippen LogP) is 2.64. The third-order valence-electron chi connectivity index (χ3n) is 4.82. The van der Waals surface area contributed by atoms with Crippen molar-refractivity contribution >= 4 is 5.91 Å². The van der Waals surface area contributed by atoms with Gasteiger partial charge in [0.1, 0.15) is 17.9 Å². The minimum atomic E-state index is -1.26. The van der Waals surface area contributed by atoms with E-state index < -0.39 is 29.7 Å². The van der Waals surface area contributed by atoms with Gasteiger partial charge in [-0.1, -0.05) is 18.2 Å². The fraction of sp³-hybridized carbons (Fsp3) is 0.409. The highest BCUT2D eigenvalue weighted by molar-refractivity contribution is 5.77. The SMILES string of the molecule is Cc1ccccc1F.N[C@@H](CC(=O)N1CCCNC(O)C1)Cc1cc(F)c(F)cc1F. The molecule has 4 N–H and O–H groups in total. The molecule has 170 valence electrons. The molecule has 2 atom stereocenters. The number of hydrogen-bond donors (Lipinski definition) is 3. The molecule has 1 amide bonds. The molecule has 0 bridgehead atoms. The van der Waals surface area contributed by atoms with Crippen molar-refractivity contribution in [2.45, 2.75) is 38.5 Å². The van der Waals surface area contributed by atoms with Crippen LogP contribution in [0.5, 0.6) is 0 Å². The smallest absolute Gasteiger partial charge is 0.224 e. The van der Waals surface area contributed by atoms with Crippen molar-refractivity contribution in [1.29, 1.82) is 0 Å². The molecule has 1 heterocycles. The summed E-state index contributed by atoms with van der Waals surface area (Å²) in [5, 5.41) is 12.5. The van der Waals surface area contributed by atoms with E-state index in [1.165, 1.54) is 11.0 Å². The van der Waals surface area contributed by atoms with E-state index in [2.05, 4.69) is 5.32 Å². The zero-order valence-electron chi connectivity index (χ0n) is 17.3. The number of nitrogens with zero attached hydrogens (tertiary/aromatic N) is 1. The Labute approximate surface area is 178 Å². The normalized spacial score (nSPS) is 17.4. The molecule has 31 heavy (non-hydrogen) atoms. The lowest BCUT2D eigenvalue weighted by Gasteiger charge is -2.23. The first-order valence-electron chi connectivity index (χ1n) is 9.96. The average Bonchev–Trinajstić information content (AvgIpc) is 2.93. The van der Waals surface area contributed by atoms with Crippen LogP contribution in [0.4, 0.5) is 17.6 Å². The van der Waals surface area contributed by atoms with Crippen LogP contribution in [-0.2, 0) is 11.2 Å². The lowest BCUT2D eigenvalue weighted by atomic mass is 10.0. The number of carbonyl (C=O) groups is 1. The van der Waals surface area contributed by atoms with Crippen LogP contribution >= 0.6 is 0 Å². The van der Waals surface area contributed by atoms with E-state index in [4.69, 9.17) is 5.73 Å². The van der Waals surface area contributed by atoms with E-state index in [1.807, 2.05) is 6.07 Å². The summed E-state index contributed by atoms with van der Waals surface area (Å²) in [6.45, 7) is 3.01. The number of aryl methyl sites for hydroxylation is 1. The molecule has 5 nitrogen and oxygen atoms in total. The molecule has 1 aliphatic heterocycles. The van der Waals surface area contributed by atoms with Gasteiger partial charge in [-0.25, -0.2) is 17.6 Å². The second-order valence-corrected chi connectivity index (χ2v) is 7.44. The topological polar surface area (TPSA) is 78.6 Å². The van der Waals surface area contributed by atoms with Crippen molar-refractivity contribution in [2.24, 2.45) is 5.73 Å². The highest BCUT2D eigenvalue weighted by Gasteiger charge is 2.22. The van der Waals surface area contributed by atoms with E-state index in [9.17, 15) is 27.5 Å². The molecular weight excluding hydrogens is 414 g/mol. The van der Waals surface area contributed by atoms with Crippen LogP contribution in [0.2, 0.25) is 0 Å². The fourth-order valence-electron chi connectivity index (χ4n) is 3.11. The summed E-state index contributed by atoms with van der Waals surface area (Å²) in [5.74, 6) is -3.69. The van der Waals surface area contributed by atoms with Gasteiger partial charge in [-0.05, 0) is 49.6 Å². The number of halogens is 4. The number of β-amino-alcohol motifs (C(OH)–C–C–N with tert-alkyl or cyclic N) is 1. The molecule has 1 saturated heterocycles. The van der Waals surface area contributed by atoms with E-state index in [0.29, 0.717) is 31.1 Å². The Morgan fingerprint density at radius 3 is 2.48 bits per heavy atom. The Morgan fingerprint density at radius 1 is 1.16 bits per heavy atom. The summed E-state index contributed by atoms with van der Waals surface area (Å²) < 4.78 is 52.0. The summed E-state index contributed by atoms with van der Waals surface area (Å²) in [6.07, 6.45) is -0.231. The van der Waals surface area contributed by atoms with Gasteiger partial charge in [-0.3, -0.25) is 10.1 Å². The molecule has 0 spiro atoms. The first-order chi connectivity index (χ1) is 14.7. The highest BCUT2D eigenvalue weighted by Crippen LogP contribution is 2.16. The Kier molecular flexibility index (Phi) is 9.42. The molecule has 9 heteroatoms. The van der Waals surface area contributed by atoms with E-state index in [-0.39, 0.29) is 36.7 Å². The molecule has 2 aromatic rings. The summed E-state index contributed by atoms with van der Waals surface area (Å²) in [5.41, 5.74) is 6.47. The first-order valence-corrected chi connectivity index (χ1v) is 9.96. The van der Waals surface area contributed by atoms with Crippen molar-refractivity contribution < 1.29 is 27.5 Å². The number of hydrogen-bond acceptors (Lipinski definition) is 4. The second-order valence-electron chi connectivity index (χ2n) is 7.44. The van der Waals surface area contributed by atoms with Gasteiger partial charge in [-0.15, -0.1) is 0 Å². The lowest BCUT2D eigenvalue weighted by Crippen LogP contribution is -2.42. The summed E-state index contributed by atoms with van der Waals surface area (Å²) in [7, 11) is 0. The quantitative estimate of drug-likeness (QED) is 0.504. The lowest BCUT2D eigenvalue weighted by molar-refractivity contribution is -0.132. The van der Waals surface area contributed by atoms with Gasteiger partial charge in [-0.2, -0.15) is 0 Å². The average molecular weight is 441 g/mol. The van der Waals surface area contributed by atoms with Gasteiger partial charge in [0.25, 0.3) is 0 Å². The summed E-state index contributed by atoms with van der Waals surface area (Å²) in [6, 6.07) is 7.20. The number of amides is 1. The zero-order chi connectivity index (χ0) is 23.0. The number of benzene rings is 2. The van der Waals surface area contributed by atoms with Gasteiger partial charge < -0.3 is 15.7 Å². The Bertz CT molecular complexity index is 861. The first kappa shape index (κ1) is 24.8. The van der Waals surface area contributed by atoms with Crippen molar-refractivity contribution in [3.05, 3.63) is 70.8 Å². The third kappa shape index (κ3) is 7.93. The fourth-order valence-corrected chi connectivity index (χ4v) is 3.11. The van der Waals surface area contributed by atoms with E-state index >= 15 is 0 Å². The summed E-state index contributed by atoms with van der Waals surface area (Å²) >= 11 is 0. The van der Waals surface area contributed by atoms with Gasteiger partial charge in [0.05, 0.1) is 6.54 Å². The van der Waals surface area contributed by atoms with Crippen molar-refractivity contribution in [3.8, 4) is 0 Å². The molecule has 1 unspecified atom stereocenters. The number of aliphatic hydroxyl groups is 1. The Balaban J connectivity index is 0.000000357. The Hall–Kier alpha value is -2.49. The van der Waals surface area contributed by atoms with Crippen LogP contribution in [0.1, 0.15) is 24.0 Å². The zero-order valence-corrected chi connectivity index (χ0v) is 17.3. The Morgan fingerprint density at radius 2 is 1.84 bits per heavy atom. The molecule has 0 saturated carbocycles. The molecule has 1 fully saturated rings. The van der Waals surface area contributed by atoms with Crippen LogP contribution in [0.3, 0.4) is 0 Å². The number of nitrogens with one attached hydrogen (secondary N) is 1. The maximum atomic E-state index is 13.6. The number of aliphatic hydroxyl groups excluding tert-OH is 1. The molecule has 0 aliphatic carbocycles. The van der Waals surface area contributed by atoms with Crippen LogP contribution < -0.4 is 11.1 Å². The predicted molar refractivity (Wildman–Crippen MR) is 109 cm³/mol. The third-order valence-corrected chi connectivity index (χ3v) is 4.82. The van der Waals surface area contributed by atoms with Crippen molar-refractivity contribution in [3.63, 3.8) is 0 Å². The van der Waals surface area contributed by atoms with Gasteiger partial charge in [0, 0.05) is 25.1 Å². The van der Waals surface area contributed by atoms with Crippen LogP contribution in [0.25, 0.3) is 0 Å². The number of carbonyl (C=O) groups excluding carboxylic acids is 1. The molecule has 0 radical (unpaired) electrons. The second kappa shape index (κ2) is 11.8. The van der Waals surface area contributed by atoms with E-state index in [1.54, 1.807) is 19.1 Å². The number of rotatable bonds is 4. The van der Waals surface area contributed by atoms with Crippen LogP contribution in [0, 0.1) is 30.2 Å². The minimum absolute atomic E-state index is 0.0643. The van der Waals surface area contributed by atoms with Crippen molar-refractivity contribution in [2.75, 3.05) is 19.6 Å². The van der Waals surface area contributed by atoms with Crippen LogP contribution in [-0.4, -0.2) is 47.8 Å². The molecule has 0 aromatic heterocycles. The standard InChI is InChI=1S/C15H20F3N3O2.C7H7F/c16-11-7-13(18)12(17)5-9(11)4-10(19)6-15(23)21-3-1-2-20-14(22)8-21;1-6-4-2-3-5-7(6)8/h5,7,10,14,20,22H,1-4,6,8,19H2;2-5H,1H3/t10-,14?;/m1./s1. The maximum Gasteiger partial charge on any atom is 0.224 e. The number of nitrogens with two attached hydrogens (primary N) is 1. The van der Waals surface area contributed by atoms with Gasteiger partial charge in [0.15, 0.2) is 11.6 Å². The maximum absolute atomic E-state index is 13.6. The summed E-state index contributed by atoms with van der Waals surface area (Å²) in [4.78, 5) is 13.7. The van der Waals surface area contributed by atoms with Crippen molar-refractivity contribution in [1.82, 2.24) is 10.2 Å². The molecule has 2 aromatic carbocycles. The molecule has 1 aliphatic rings. The molecule has 3 rings (SSSR count). The van der Waals surface area contributed by atoms with Gasteiger partial charge >= 0.3 is 0 Å². The van der Waals surface area contributed by atoms with Gasteiger partial charge in [0.2, 0.25) is 5.91 Å². The van der Waals surface area contributed by atoms with E-state index in [0.717, 1.165) is 6.07 Å². The molecular formula is C22H27F4N3O2. The monoisotopic (exact) mass is 441 g/mol. The largest absolute Gasteiger partial charge is 0.377 e. The minimum Gasteiger partial charge on any atom is -0.377 e.